The molecule has 0 spiro atoms. The SMILES string of the molecule is COC(C)=O.COP(C)(C)=O.COS(C)(=O)=O. The van der Waals surface area contributed by atoms with Gasteiger partial charge in [0, 0.05) is 27.4 Å². The van der Waals surface area contributed by atoms with Gasteiger partial charge in [-0.3, -0.25) is 13.5 Å². The van der Waals surface area contributed by atoms with Crippen LogP contribution in [0.1, 0.15) is 6.92 Å². The van der Waals surface area contributed by atoms with E-state index in [1.54, 1.807) is 13.3 Å². The second-order valence-corrected chi connectivity index (χ2v) is 7.61. The van der Waals surface area contributed by atoms with Gasteiger partial charge in [0.15, 0.2) is 7.37 Å². The predicted molar refractivity (Wildman–Crippen MR) is 66.0 cm³/mol. The molecule has 0 fully saturated rings. The van der Waals surface area contributed by atoms with E-state index in [0.717, 1.165) is 13.4 Å². The maximum absolute atomic E-state index is 10.4. The first-order valence-electron chi connectivity index (χ1n) is 4.30. The average molecular weight is 292 g/mol. The fourth-order valence-corrected chi connectivity index (χ4v) is 0. The number of esters is 1. The van der Waals surface area contributed by atoms with Crippen molar-refractivity contribution in [2.24, 2.45) is 0 Å². The number of ether oxygens (including phenoxy) is 1. The monoisotopic (exact) mass is 292 g/mol. The van der Waals surface area contributed by atoms with Crippen LogP contribution in [0.15, 0.2) is 0 Å². The second-order valence-electron chi connectivity index (χ2n) is 3.00. The highest BCUT2D eigenvalue weighted by molar-refractivity contribution is 7.85. The Hall–Kier alpha value is -0.430. The molecule has 0 N–H and O–H groups in total. The molecule has 0 amide bonds. The largest absolute Gasteiger partial charge is 0.469 e. The Morgan fingerprint density at radius 2 is 1.29 bits per heavy atom. The van der Waals surface area contributed by atoms with Crippen LogP contribution < -0.4 is 0 Å². The first-order valence-corrected chi connectivity index (χ1v) is 8.64. The van der Waals surface area contributed by atoms with Crippen molar-refractivity contribution >= 4 is 23.5 Å². The van der Waals surface area contributed by atoms with Crippen molar-refractivity contribution in [3.05, 3.63) is 0 Å². The number of rotatable bonds is 2. The van der Waals surface area contributed by atoms with Crippen molar-refractivity contribution < 1.29 is 31.2 Å². The lowest BCUT2D eigenvalue weighted by Gasteiger charge is -1.98. The Bertz CT molecular complexity index is 330. The van der Waals surface area contributed by atoms with E-state index in [1.165, 1.54) is 21.1 Å². The molecule has 0 aromatic rings. The van der Waals surface area contributed by atoms with Crippen LogP contribution in [0.4, 0.5) is 0 Å². The van der Waals surface area contributed by atoms with E-state index in [2.05, 4.69) is 13.4 Å². The Labute approximate surface area is 103 Å². The van der Waals surface area contributed by atoms with Crippen molar-refractivity contribution in [1.29, 1.82) is 0 Å². The smallest absolute Gasteiger partial charge is 0.302 e. The van der Waals surface area contributed by atoms with Gasteiger partial charge in [-0.2, -0.15) is 8.42 Å². The molecule has 0 aliphatic rings. The van der Waals surface area contributed by atoms with E-state index in [9.17, 15) is 17.8 Å². The van der Waals surface area contributed by atoms with E-state index in [4.69, 9.17) is 0 Å². The van der Waals surface area contributed by atoms with Gasteiger partial charge in [0.2, 0.25) is 0 Å². The minimum atomic E-state index is -3.16. The van der Waals surface area contributed by atoms with Crippen LogP contribution in [-0.4, -0.2) is 55.3 Å². The van der Waals surface area contributed by atoms with Gasteiger partial charge in [0.1, 0.15) is 0 Å². The molecule has 0 rings (SSSR count). The lowest BCUT2D eigenvalue weighted by molar-refractivity contribution is -0.137. The maximum Gasteiger partial charge on any atom is 0.302 e. The minimum absolute atomic E-state index is 0.245. The third kappa shape index (κ3) is 50.0. The van der Waals surface area contributed by atoms with Crippen molar-refractivity contribution in [2.75, 3.05) is 40.9 Å². The topological polar surface area (TPSA) is 96.0 Å². The van der Waals surface area contributed by atoms with Crippen LogP contribution in [-0.2, 0) is 32.9 Å². The van der Waals surface area contributed by atoms with Crippen LogP contribution >= 0.6 is 7.37 Å². The number of hydrogen-bond acceptors (Lipinski definition) is 7. The zero-order valence-electron chi connectivity index (χ0n) is 11.2. The van der Waals surface area contributed by atoms with Crippen LogP contribution in [0.5, 0.6) is 0 Å². The Balaban J connectivity index is -0.000000174. The molecule has 0 aliphatic heterocycles. The summed E-state index contributed by atoms with van der Waals surface area (Å²) in [6, 6.07) is 0. The van der Waals surface area contributed by atoms with E-state index in [-0.39, 0.29) is 5.97 Å². The highest BCUT2D eigenvalue weighted by Crippen LogP contribution is 2.35. The van der Waals surface area contributed by atoms with Crippen LogP contribution in [0.25, 0.3) is 0 Å². The van der Waals surface area contributed by atoms with Gasteiger partial charge in [-0.1, -0.05) is 0 Å². The third-order valence-corrected chi connectivity index (χ3v) is 2.51. The van der Waals surface area contributed by atoms with Gasteiger partial charge in [0.25, 0.3) is 10.1 Å². The molecule has 17 heavy (non-hydrogen) atoms. The van der Waals surface area contributed by atoms with Gasteiger partial charge >= 0.3 is 5.97 Å². The van der Waals surface area contributed by atoms with E-state index in [0.29, 0.717) is 0 Å². The summed E-state index contributed by atoms with van der Waals surface area (Å²) in [5.41, 5.74) is 0. The molecule has 0 atom stereocenters. The van der Waals surface area contributed by atoms with E-state index >= 15 is 0 Å². The number of methoxy groups -OCH3 is 1. The summed E-state index contributed by atoms with van der Waals surface area (Å²) in [4.78, 5) is 9.59. The summed E-state index contributed by atoms with van der Waals surface area (Å²) < 4.78 is 42.4. The fraction of sp³-hybridized carbons (Fsp3) is 0.875. The zero-order valence-corrected chi connectivity index (χ0v) is 12.9. The Morgan fingerprint density at radius 1 is 1.12 bits per heavy atom. The first-order chi connectivity index (χ1) is 7.39. The molecule has 0 aliphatic carbocycles. The molecule has 7 nitrogen and oxygen atoms in total. The molecule has 9 heteroatoms. The standard InChI is InChI=1S/C3H9O2P.C3H6O2.C2H6O3S/c1-5-6(2,3)4;1-3(4)5-2;1-5-6(2,3)4/h1-3H3;1-2H3;1-2H3. The molecule has 0 radical (unpaired) electrons. The van der Waals surface area contributed by atoms with Gasteiger partial charge in [0.05, 0.1) is 20.5 Å². The molecular formula is C8H21O7PS. The summed E-state index contributed by atoms with van der Waals surface area (Å²) in [6.45, 7) is 4.51. The molecule has 0 aromatic heterocycles. The van der Waals surface area contributed by atoms with E-state index in [1.807, 2.05) is 0 Å². The van der Waals surface area contributed by atoms with Crippen molar-refractivity contribution in [1.82, 2.24) is 0 Å². The summed E-state index contributed by atoms with van der Waals surface area (Å²) in [6.07, 6.45) is 0.993. The van der Waals surface area contributed by atoms with Crippen molar-refractivity contribution in [3.8, 4) is 0 Å². The molecule has 0 bridgehead atoms. The average Bonchev–Trinajstić information content (AvgIpc) is 2.17. The number of carbonyl (C=O) groups is 1. The Morgan fingerprint density at radius 3 is 1.29 bits per heavy atom. The normalized spacial score (nSPS) is 10.3. The van der Waals surface area contributed by atoms with E-state index < -0.39 is 17.5 Å². The van der Waals surface area contributed by atoms with Gasteiger partial charge in [-0.15, -0.1) is 0 Å². The summed E-state index contributed by atoms with van der Waals surface area (Å²) in [7, 11) is -1.39. The zero-order chi connectivity index (χ0) is 14.7. The molecular weight excluding hydrogens is 271 g/mol. The lowest BCUT2D eigenvalue weighted by Crippen LogP contribution is -1.95. The van der Waals surface area contributed by atoms with Gasteiger partial charge < -0.3 is 9.26 Å². The maximum atomic E-state index is 10.4. The molecule has 0 unspecified atom stereocenters. The molecule has 0 saturated carbocycles. The molecule has 106 valence electrons. The van der Waals surface area contributed by atoms with Crippen molar-refractivity contribution in [2.45, 2.75) is 6.92 Å². The molecule has 0 heterocycles. The fourth-order valence-electron chi connectivity index (χ4n) is 0. The third-order valence-electron chi connectivity index (χ3n) is 1.03. The predicted octanol–water partition coefficient (Wildman–Crippen LogP) is 0.942. The van der Waals surface area contributed by atoms with Crippen LogP contribution in [0.3, 0.4) is 0 Å². The summed E-state index contributed by atoms with van der Waals surface area (Å²) >= 11 is 0. The Kier molecular flexibility index (Phi) is 13.7. The highest BCUT2D eigenvalue weighted by atomic mass is 32.2. The summed E-state index contributed by atoms with van der Waals surface area (Å²) in [5, 5.41) is 0. The van der Waals surface area contributed by atoms with Crippen LogP contribution in [0.2, 0.25) is 0 Å². The second kappa shape index (κ2) is 10.7. The first kappa shape index (κ1) is 21.8. The van der Waals surface area contributed by atoms with Crippen LogP contribution in [0, 0.1) is 0 Å². The summed E-state index contributed by atoms with van der Waals surface area (Å²) in [5.74, 6) is -0.245. The lowest BCUT2D eigenvalue weighted by atomic mass is 10.8. The highest BCUT2D eigenvalue weighted by Gasteiger charge is 1.99. The molecule has 0 saturated heterocycles. The minimum Gasteiger partial charge on any atom is -0.469 e. The van der Waals surface area contributed by atoms with Gasteiger partial charge in [-0.05, 0) is 0 Å². The van der Waals surface area contributed by atoms with Crippen molar-refractivity contribution in [3.63, 3.8) is 0 Å². The number of carbonyl (C=O) groups excluding carboxylic acids is 1. The molecule has 0 aromatic carbocycles. The van der Waals surface area contributed by atoms with Gasteiger partial charge in [-0.25, -0.2) is 0 Å². The number of hydrogen-bond donors (Lipinski definition) is 0. The quantitative estimate of drug-likeness (QED) is 0.424.